The van der Waals surface area contributed by atoms with Crippen LogP contribution >= 0.6 is 0 Å². The van der Waals surface area contributed by atoms with Gasteiger partial charge in [0.15, 0.2) is 0 Å². The molecule has 0 spiro atoms. The Kier molecular flexibility index (Phi) is 12.9. The average Bonchev–Trinajstić information content (AvgIpc) is 2.27. The Morgan fingerprint density at radius 2 is 1.62 bits per heavy atom. The lowest BCUT2D eigenvalue weighted by Crippen LogP contribution is -2.22. The Morgan fingerprint density at radius 1 is 1.00 bits per heavy atom. The number of hydrogen-bond acceptors (Lipinski definition) is 2. The predicted octanol–water partition coefficient (Wildman–Crippen LogP) is 3.35. The summed E-state index contributed by atoms with van der Waals surface area (Å²) < 4.78 is 0. The molecular formula is C14H31NO. The van der Waals surface area contributed by atoms with Crippen molar-refractivity contribution in [2.75, 3.05) is 19.7 Å². The largest absolute Gasteiger partial charge is 0.396 e. The molecule has 0 saturated heterocycles. The highest BCUT2D eigenvalue weighted by molar-refractivity contribution is 4.56. The smallest absolute Gasteiger partial charge is 0.0434 e. The number of aliphatic hydroxyl groups is 1. The molecule has 2 nitrogen and oxygen atoms in total. The van der Waals surface area contributed by atoms with Crippen molar-refractivity contribution in [2.24, 2.45) is 5.92 Å². The molecule has 2 heteroatoms. The van der Waals surface area contributed by atoms with Gasteiger partial charge in [0.25, 0.3) is 0 Å². The van der Waals surface area contributed by atoms with Crippen molar-refractivity contribution in [1.29, 1.82) is 0 Å². The van der Waals surface area contributed by atoms with Gasteiger partial charge in [0.05, 0.1) is 0 Å². The Morgan fingerprint density at radius 3 is 2.25 bits per heavy atom. The van der Waals surface area contributed by atoms with E-state index in [1.165, 1.54) is 44.9 Å². The zero-order valence-electron chi connectivity index (χ0n) is 11.3. The van der Waals surface area contributed by atoms with E-state index in [0.29, 0.717) is 12.5 Å². The minimum absolute atomic E-state index is 0.320. The molecule has 0 aliphatic heterocycles. The highest BCUT2D eigenvalue weighted by Crippen LogP contribution is 2.06. The lowest BCUT2D eigenvalue weighted by atomic mass is 10.1. The first-order valence-corrected chi connectivity index (χ1v) is 7.12. The fraction of sp³-hybridized carbons (Fsp3) is 1.00. The van der Waals surface area contributed by atoms with Gasteiger partial charge >= 0.3 is 0 Å². The van der Waals surface area contributed by atoms with Gasteiger partial charge in [-0.15, -0.1) is 0 Å². The zero-order chi connectivity index (χ0) is 12.1. The maximum atomic E-state index is 8.75. The third-order valence-corrected chi connectivity index (χ3v) is 3.07. The topological polar surface area (TPSA) is 32.3 Å². The monoisotopic (exact) mass is 229 g/mol. The maximum Gasteiger partial charge on any atom is 0.0434 e. The Hall–Kier alpha value is -0.0800. The summed E-state index contributed by atoms with van der Waals surface area (Å²) in [5, 5.41) is 12.2. The van der Waals surface area contributed by atoms with E-state index >= 15 is 0 Å². The molecular weight excluding hydrogens is 198 g/mol. The molecule has 0 aromatic rings. The molecule has 0 aromatic carbocycles. The molecule has 2 N–H and O–H groups in total. The molecule has 1 atom stereocenters. The van der Waals surface area contributed by atoms with Crippen molar-refractivity contribution in [3.8, 4) is 0 Å². The van der Waals surface area contributed by atoms with Crippen LogP contribution in [0.2, 0.25) is 0 Å². The van der Waals surface area contributed by atoms with Crippen LogP contribution in [-0.2, 0) is 0 Å². The summed E-state index contributed by atoms with van der Waals surface area (Å²) in [6.07, 6.45) is 10.5. The molecule has 0 radical (unpaired) electrons. The molecule has 0 aliphatic carbocycles. The lowest BCUT2D eigenvalue weighted by Gasteiger charge is -2.10. The Bertz CT molecular complexity index is 128. The van der Waals surface area contributed by atoms with Crippen molar-refractivity contribution in [2.45, 2.75) is 65.2 Å². The third kappa shape index (κ3) is 12.0. The number of hydrogen-bond donors (Lipinski definition) is 2. The first-order valence-electron chi connectivity index (χ1n) is 7.12. The number of aliphatic hydroxyl groups excluding tert-OH is 1. The fourth-order valence-electron chi connectivity index (χ4n) is 1.88. The van der Waals surface area contributed by atoms with Crippen LogP contribution in [0.5, 0.6) is 0 Å². The summed E-state index contributed by atoms with van der Waals surface area (Å²) in [7, 11) is 0. The van der Waals surface area contributed by atoms with Crippen LogP contribution in [0.3, 0.4) is 0 Å². The molecule has 16 heavy (non-hydrogen) atoms. The third-order valence-electron chi connectivity index (χ3n) is 3.07. The van der Waals surface area contributed by atoms with Gasteiger partial charge in [-0.3, -0.25) is 0 Å². The van der Waals surface area contributed by atoms with E-state index in [-0.39, 0.29) is 0 Å². The van der Waals surface area contributed by atoms with Crippen molar-refractivity contribution < 1.29 is 5.11 Å². The summed E-state index contributed by atoms with van der Waals surface area (Å²) in [4.78, 5) is 0. The second-order valence-corrected chi connectivity index (χ2v) is 4.94. The summed E-state index contributed by atoms with van der Waals surface area (Å²) >= 11 is 0. The van der Waals surface area contributed by atoms with Crippen LogP contribution in [0.15, 0.2) is 0 Å². The summed E-state index contributed by atoms with van der Waals surface area (Å²) in [6.45, 7) is 6.96. The Labute approximate surface area is 102 Å². The molecule has 0 fully saturated rings. The van der Waals surface area contributed by atoms with Crippen LogP contribution < -0.4 is 5.32 Å². The van der Waals surface area contributed by atoms with Crippen molar-refractivity contribution in [3.05, 3.63) is 0 Å². The lowest BCUT2D eigenvalue weighted by molar-refractivity contribution is 0.260. The molecule has 0 saturated carbocycles. The van der Waals surface area contributed by atoms with Gasteiger partial charge in [0.2, 0.25) is 0 Å². The van der Waals surface area contributed by atoms with Crippen molar-refractivity contribution in [3.63, 3.8) is 0 Å². The normalized spacial score (nSPS) is 12.9. The molecule has 98 valence electrons. The van der Waals surface area contributed by atoms with Gasteiger partial charge in [-0.1, -0.05) is 52.4 Å². The Balaban J connectivity index is 2.98. The van der Waals surface area contributed by atoms with Crippen LogP contribution in [0.1, 0.15) is 65.2 Å². The molecule has 1 unspecified atom stereocenters. The minimum Gasteiger partial charge on any atom is -0.396 e. The van der Waals surface area contributed by atoms with Crippen molar-refractivity contribution in [1.82, 2.24) is 5.32 Å². The highest BCUT2D eigenvalue weighted by Gasteiger charge is 1.99. The van der Waals surface area contributed by atoms with Crippen LogP contribution in [0.4, 0.5) is 0 Å². The second kappa shape index (κ2) is 13.0. The molecule has 0 rings (SSSR count). The molecule has 0 aliphatic rings. The number of unbranched alkanes of at least 4 members (excludes halogenated alkanes) is 6. The van der Waals surface area contributed by atoms with E-state index < -0.39 is 0 Å². The van der Waals surface area contributed by atoms with E-state index in [2.05, 4.69) is 19.2 Å². The van der Waals surface area contributed by atoms with E-state index in [9.17, 15) is 0 Å². The van der Waals surface area contributed by atoms with Gasteiger partial charge in [0.1, 0.15) is 0 Å². The van der Waals surface area contributed by atoms with E-state index in [1.54, 1.807) is 0 Å². The first-order chi connectivity index (χ1) is 7.81. The molecule has 0 heterocycles. The first kappa shape index (κ1) is 15.9. The number of rotatable bonds is 12. The van der Waals surface area contributed by atoms with Gasteiger partial charge in [-0.05, 0) is 31.8 Å². The fourth-order valence-corrected chi connectivity index (χ4v) is 1.88. The minimum atomic E-state index is 0.320. The van der Waals surface area contributed by atoms with Crippen molar-refractivity contribution >= 4 is 0 Å². The van der Waals surface area contributed by atoms with E-state index in [1.807, 2.05) is 0 Å². The van der Waals surface area contributed by atoms with Gasteiger partial charge in [-0.25, -0.2) is 0 Å². The zero-order valence-corrected chi connectivity index (χ0v) is 11.3. The maximum absolute atomic E-state index is 8.75. The van der Waals surface area contributed by atoms with Gasteiger partial charge in [0, 0.05) is 6.61 Å². The van der Waals surface area contributed by atoms with Crippen LogP contribution in [0.25, 0.3) is 0 Å². The van der Waals surface area contributed by atoms with Gasteiger partial charge in [-0.2, -0.15) is 0 Å². The van der Waals surface area contributed by atoms with Gasteiger partial charge < -0.3 is 10.4 Å². The predicted molar refractivity (Wildman–Crippen MR) is 71.7 cm³/mol. The molecule has 0 bridgehead atoms. The summed E-state index contributed by atoms with van der Waals surface area (Å²) in [5.74, 6) is 0.606. The van der Waals surface area contributed by atoms with E-state index in [4.69, 9.17) is 5.11 Å². The standard InChI is InChI=1S/C14H31NO/c1-3-4-5-6-7-8-9-11-15-13-14(2)10-12-16/h14-16H,3-13H2,1-2H3. The number of nitrogens with one attached hydrogen (secondary N) is 1. The summed E-state index contributed by atoms with van der Waals surface area (Å²) in [6, 6.07) is 0. The van der Waals surface area contributed by atoms with Crippen LogP contribution in [-0.4, -0.2) is 24.8 Å². The average molecular weight is 229 g/mol. The molecule has 0 aromatic heterocycles. The van der Waals surface area contributed by atoms with E-state index in [0.717, 1.165) is 19.5 Å². The van der Waals surface area contributed by atoms with Crippen LogP contribution in [0, 0.1) is 5.92 Å². The summed E-state index contributed by atoms with van der Waals surface area (Å²) in [5.41, 5.74) is 0. The second-order valence-electron chi connectivity index (χ2n) is 4.94. The SMILES string of the molecule is CCCCCCCCCNCC(C)CCO. The molecule has 0 amide bonds. The highest BCUT2D eigenvalue weighted by atomic mass is 16.3. The quantitative estimate of drug-likeness (QED) is 0.503.